The van der Waals surface area contributed by atoms with Gasteiger partial charge in [-0.1, -0.05) is 6.92 Å². The first-order valence-corrected chi connectivity index (χ1v) is 7.28. The van der Waals surface area contributed by atoms with Crippen molar-refractivity contribution in [1.82, 2.24) is 15.5 Å². The van der Waals surface area contributed by atoms with Crippen LogP contribution in [0.3, 0.4) is 0 Å². The Morgan fingerprint density at radius 1 is 1.40 bits per heavy atom. The van der Waals surface area contributed by atoms with Gasteiger partial charge < -0.3 is 10.2 Å². The Hall–Kier alpha value is -1.59. The van der Waals surface area contributed by atoms with Gasteiger partial charge in [-0.2, -0.15) is 0 Å². The maximum atomic E-state index is 12.1. The lowest BCUT2D eigenvalue weighted by molar-refractivity contribution is -0.126. The molecule has 1 aliphatic carbocycles. The molecule has 0 aromatic carbocycles. The topological polar surface area (TPSA) is 78.5 Å². The van der Waals surface area contributed by atoms with Crippen LogP contribution in [0.25, 0.3) is 0 Å². The van der Waals surface area contributed by atoms with Crippen LogP contribution >= 0.6 is 0 Å². The zero-order valence-corrected chi connectivity index (χ0v) is 12.2. The lowest BCUT2D eigenvalue weighted by atomic mass is 9.78. The quantitative estimate of drug-likeness (QED) is 0.810. The molecule has 1 saturated heterocycles. The minimum absolute atomic E-state index is 0.0181. The third-order valence-corrected chi connectivity index (χ3v) is 4.30. The van der Waals surface area contributed by atoms with Gasteiger partial charge in [0, 0.05) is 18.5 Å². The SMILES string of the molecule is CC1CCC(C)(NC(=O)CN2CCC(=O)NC2=O)CC1. The van der Waals surface area contributed by atoms with E-state index in [0.29, 0.717) is 6.54 Å². The van der Waals surface area contributed by atoms with E-state index in [1.807, 2.05) is 0 Å². The van der Waals surface area contributed by atoms with Gasteiger partial charge >= 0.3 is 6.03 Å². The van der Waals surface area contributed by atoms with Crippen LogP contribution in [0.4, 0.5) is 4.79 Å². The molecule has 4 amide bonds. The van der Waals surface area contributed by atoms with Crippen LogP contribution < -0.4 is 10.6 Å². The molecule has 1 aliphatic heterocycles. The summed E-state index contributed by atoms with van der Waals surface area (Å²) in [5.41, 5.74) is -0.161. The first-order valence-electron chi connectivity index (χ1n) is 7.28. The number of amides is 4. The number of nitrogens with one attached hydrogen (secondary N) is 2. The highest BCUT2D eigenvalue weighted by Crippen LogP contribution is 2.31. The maximum absolute atomic E-state index is 12.1. The van der Waals surface area contributed by atoms with Crippen molar-refractivity contribution in [1.29, 1.82) is 0 Å². The number of hydrogen-bond donors (Lipinski definition) is 2. The highest BCUT2D eigenvalue weighted by molar-refractivity contribution is 5.98. The molecular weight excluding hydrogens is 258 g/mol. The van der Waals surface area contributed by atoms with Gasteiger partial charge in [-0.25, -0.2) is 4.79 Å². The van der Waals surface area contributed by atoms with Crippen molar-refractivity contribution in [3.63, 3.8) is 0 Å². The molecule has 112 valence electrons. The first-order chi connectivity index (χ1) is 9.38. The lowest BCUT2D eigenvalue weighted by Gasteiger charge is -2.37. The Labute approximate surface area is 119 Å². The average molecular weight is 281 g/mol. The molecule has 2 rings (SSSR count). The minimum Gasteiger partial charge on any atom is -0.349 e. The van der Waals surface area contributed by atoms with Crippen molar-refractivity contribution < 1.29 is 14.4 Å². The summed E-state index contributed by atoms with van der Waals surface area (Å²) in [6.45, 7) is 4.63. The molecule has 0 bridgehead atoms. The molecule has 1 heterocycles. The van der Waals surface area contributed by atoms with Gasteiger partial charge in [-0.05, 0) is 38.5 Å². The molecule has 0 aromatic rings. The summed E-state index contributed by atoms with van der Waals surface area (Å²) in [5.74, 6) is 0.297. The molecule has 6 nitrogen and oxygen atoms in total. The molecule has 0 aromatic heterocycles. The Bertz CT molecular complexity index is 414. The van der Waals surface area contributed by atoms with Crippen LogP contribution in [0.1, 0.15) is 46.0 Å². The normalized spacial score (nSPS) is 30.9. The van der Waals surface area contributed by atoms with Crippen LogP contribution in [0.5, 0.6) is 0 Å². The summed E-state index contributed by atoms with van der Waals surface area (Å²) >= 11 is 0. The second-order valence-electron chi connectivity index (χ2n) is 6.32. The van der Waals surface area contributed by atoms with Crippen LogP contribution in [-0.2, 0) is 9.59 Å². The third-order valence-electron chi connectivity index (χ3n) is 4.30. The van der Waals surface area contributed by atoms with Crippen LogP contribution in [-0.4, -0.2) is 41.4 Å². The third kappa shape index (κ3) is 3.71. The summed E-state index contributed by atoms with van der Waals surface area (Å²) in [4.78, 5) is 36.1. The van der Waals surface area contributed by atoms with E-state index in [-0.39, 0.29) is 30.3 Å². The van der Waals surface area contributed by atoms with E-state index in [2.05, 4.69) is 24.5 Å². The van der Waals surface area contributed by atoms with Gasteiger partial charge in [0.2, 0.25) is 11.8 Å². The van der Waals surface area contributed by atoms with Gasteiger partial charge in [0.15, 0.2) is 0 Å². The molecule has 0 spiro atoms. The highest BCUT2D eigenvalue weighted by Gasteiger charge is 2.32. The van der Waals surface area contributed by atoms with Gasteiger partial charge in [-0.3, -0.25) is 14.9 Å². The standard InChI is InChI=1S/C14H23N3O3/c1-10-3-6-14(2,7-4-10)16-12(19)9-17-8-5-11(18)15-13(17)20/h10H,3-9H2,1-2H3,(H,16,19)(H,15,18,20). The Kier molecular flexibility index (Phi) is 4.30. The van der Waals surface area contributed by atoms with Crippen molar-refractivity contribution in [2.75, 3.05) is 13.1 Å². The molecular formula is C14H23N3O3. The average Bonchev–Trinajstić information content (AvgIpc) is 2.37. The summed E-state index contributed by atoms with van der Waals surface area (Å²) in [7, 11) is 0. The minimum atomic E-state index is -0.473. The van der Waals surface area contributed by atoms with E-state index in [0.717, 1.165) is 31.6 Å². The van der Waals surface area contributed by atoms with E-state index in [4.69, 9.17) is 0 Å². The fourth-order valence-electron chi connectivity index (χ4n) is 2.82. The largest absolute Gasteiger partial charge is 0.349 e. The van der Waals surface area contributed by atoms with E-state index in [9.17, 15) is 14.4 Å². The van der Waals surface area contributed by atoms with Crippen molar-refractivity contribution in [3.8, 4) is 0 Å². The molecule has 0 atom stereocenters. The molecule has 1 saturated carbocycles. The first kappa shape index (κ1) is 14.8. The van der Waals surface area contributed by atoms with E-state index in [1.165, 1.54) is 4.90 Å². The maximum Gasteiger partial charge on any atom is 0.324 e. The van der Waals surface area contributed by atoms with Crippen molar-refractivity contribution in [2.24, 2.45) is 5.92 Å². The summed E-state index contributed by atoms with van der Waals surface area (Å²) in [6, 6.07) is -0.473. The number of carbonyl (C=O) groups excluding carboxylic acids is 3. The Balaban J connectivity index is 1.83. The number of hydrogen-bond acceptors (Lipinski definition) is 3. The lowest BCUT2D eigenvalue weighted by Crippen LogP contribution is -2.55. The second-order valence-corrected chi connectivity index (χ2v) is 6.32. The Morgan fingerprint density at radius 3 is 2.65 bits per heavy atom. The molecule has 6 heteroatoms. The van der Waals surface area contributed by atoms with E-state index in [1.54, 1.807) is 0 Å². The van der Waals surface area contributed by atoms with Crippen molar-refractivity contribution >= 4 is 17.8 Å². The fraction of sp³-hybridized carbons (Fsp3) is 0.786. The molecule has 0 radical (unpaired) electrons. The van der Waals surface area contributed by atoms with Gasteiger partial charge in [-0.15, -0.1) is 0 Å². The number of carbonyl (C=O) groups is 3. The number of rotatable bonds is 3. The number of imide groups is 1. The van der Waals surface area contributed by atoms with E-state index < -0.39 is 6.03 Å². The number of nitrogens with zero attached hydrogens (tertiary/aromatic N) is 1. The van der Waals surface area contributed by atoms with Crippen LogP contribution in [0.15, 0.2) is 0 Å². The Morgan fingerprint density at radius 2 is 2.05 bits per heavy atom. The summed E-state index contributed by atoms with van der Waals surface area (Å²) in [6.07, 6.45) is 4.45. The molecule has 0 unspecified atom stereocenters. The van der Waals surface area contributed by atoms with Gasteiger partial charge in [0.1, 0.15) is 6.54 Å². The highest BCUT2D eigenvalue weighted by atomic mass is 16.2. The van der Waals surface area contributed by atoms with Gasteiger partial charge in [0.25, 0.3) is 0 Å². The van der Waals surface area contributed by atoms with Gasteiger partial charge in [0.05, 0.1) is 0 Å². The van der Waals surface area contributed by atoms with Crippen LogP contribution in [0, 0.1) is 5.92 Å². The predicted octanol–water partition coefficient (Wildman–Crippen LogP) is 1.01. The van der Waals surface area contributed by atoms with E-state index >= 15 is 0 Å². The summed E-state index contributed by atoms with van der Waals surface area (Å²) in [5, 5.41) is 5.27. The number of urea groups is 1. The zero-order valence-electron chi connectivity index (χ0n) is 12.2. The molecule has 20 heavy (non-hydrogen) atoms. The molecule has 2 N–H and O–H groups in total. The van der Waals surface area contributed by atoms with Crippen molar-refractivity contribution in [2.45, 2.75) is 51.5 Å². The molecule has 2 fully saturated rings. The smallest absolute Gasteiger partial charge is 0.324 e. The second kappa shape index (κ2) is 5.81. The predicted molar refractivity (Wildman–Crippen MR) is 73.9 cm³/mol. The van der Waals surface area contributed by atoms with Crippen LogP contribution in [0.2, 0.25) is 0 Å². The summed E-state index contributed by atoms with van der Waals surface area (Å²) < 4.78 is 0. The zero-order chi connectivity index (χ0) is 14.8. The fourth-order valence-corrected chi connectivity index (χ4v) is 2.82. The van der Waals surface area contributed by atoms with Crippen molar-refractivity contribution in [3.05, 3.63) is 0 Å². The molecule has 2 aliphatic rings. The monoisotopic (exact) mass is 281 g/mol.